The van der Waals surface area contributed by atoms with E-state index in [0.717, 1.165) is 0 Å². The maximum atomic E-state index is 11.9. The largest absolute Gasteiger partial charge is 0.460 e. The monoisotopic (exact) mass is 519 g/mol. The van der Waals surface area contributed by atoms with E-state index in [2.05, 4.69) is 5.32 Å². The third-order valence-electron chi connectivity index (χ3n) is 4.28. The molecule has 0 saturated carbocycles. The molecule has 0 rings (SSSR count). The number of nitrogens with one attached hydrogen (secondary N) is 1. The van der Waals surface area contributed by atoms with E-state index in [1.54, 1.807) is 69.4 Å². The zero-order valence-corrected chi connectivity index (χ0v) is 24.0. The van der Waals surface area contributed by atoms with E-state index in [-0.39, 0.29) is 76.8 Å². The van der Waals surface area contributed by atoms with E-state index in [0.29, 0.717) is 0 Å². The summed E-state index contributed by atoms with van der Waals surface area (Å²) >= 11 is 0. The number of hydrogen-bond acceptors (Lipinski definition) is 10. The summed E-state index contributed by atoms with van der Waals surface area (Å²) in [6, 6.07) is 0. The summed E-state index contributed by atoms with van der Waals surface area (Å²) in [4.78, 5) is 35.8. The molecule has 0 heterocycles. The van der Waals surface area contributed by atoms with E-state index in [9.17, 15) is 14.4 Å². The number of hydrogen-bond donors (Lipinski definition) is 1. The zero-order valence-electron chi connectivity index (χ0n) is 24.0. The van der Waals surface area contributed by atoms with E-state index in [4.69, 9.17) is 28.4 Å². The molecule has 1 N–H and O–H groups in total. The molecule has 0 bridgehead atoms. The summed E-state index contributed by atoms with van der Waals surface area (Å²) in [5.41, 5.74) is -2.45. The lowest BCUT2D eigenvalue weighted by atomic mass is 10.0. The Balaban J connectivity index is 4.84. The van der Waals surface area contributed by atoms with E-state index < -0.39 is 22.3 Å². The second-order valence-corrected chi connectivity index (χ2v) is 11.7. The molecule has 0 aromatic heterocycles. The summed E-state index contributed by atoms with van der Waals surface area (Å²) in [5, 5.41) is 3.17. The van der Waals surface area contributed by atoms with Crippen molar-refractivity contribution in [2.24, 2.45) is 0 Å². The third-order valence-corrected chi connectivity index (χ3v) is 4.28. The van der Waals surface area contributed by atoms with E-state index >= 15 is 0 Å². The van der Waals surface area contributed by atoms with Crippen LogP contribution in [0.15, 0.2) is 0 Å². The maximum Gasteiger partial charge on any atom is 0.308 e. The number of likely N-dealkylation sites (N-methyl/N-ethyl adjacent to an activating group) is 1. The van der Waals surface area contributed by atoms with Gasteiger partial charge in [0.1, 0.15) is 16.8 Å². The predicted octanol–water partition coefficient (Wildman–Crippen LogP) is 3.19. The van der Waals surface area contributed by atoms with Crippen LogP contribution in [0.1, 0.15) is 81.6 Å². The lowest BCUT2D eigenvalue weighted by Crippen LogP contribution is -2.55. The molecule has 10 heteroatoms. The molecule has 212 valence electrons. The molecule has 0 unspecified atom stereocenters. The summed E-state index contributed by atoms with van der Waals surface area (Å²) < 4.78 is 33.2. The summed E-state index contributed by atoms with van der Waals surface area (Å²) in [6.07, 6.45) is 0.322. The summed E-state index contributed by atoms with van der Waals surface area (Å²) in [7, 11) is 1.74. The Kier molecular flexibility index (Phi) is 14.7. The van der Waals surface area contributed by atoms with Crippen molar-refractivity contribution in [3.05, 3.63) is 0 Å². The molecule has 0 radical (unpaired) electrons. The van der Waals surface area contributed by atoms with Crippen LogP contribution < -0.4 is 5.32 Å². The van der Waals surface area contributed by atoms with Crippen LogP contribution in [0.2, 0.25) is 0 Å². The molecule has 36 heavy (non-hydrogen) atoms. The average molecular weight is 520 g/mol. The molecule has 0 atom stereocenters. The predicted molar refractivity (Wildman–Crippen MR) is 136 cm³/mol. The van der Waals surface area contributed by atoms with Crippen molar-refractivity contribution in [1.29, 1.82) is 0 Å². The van der Waals surface area contributed by atoms with Gasteiger partial charge in [0.2, 0.25) is 0 Å². The van der Waals surface area contributed by atoms with Gasteiger partial charge in [0.15, 0.2) is 0 Å². The first-order chi connectivity index (χ1) is 16.4. The van der Waals surface area contributed by atoms with Gasteiger partial charge in [-0.3, -0.25) is 14.4 Å². The summed E-state index contributed by atoms with van der Waals surface area (Å²) in [6.45, 7) is 17.3. The van der Waals surface area contributed by atoms with Crippen molar-refractivity contribution >= 4 is 17.9 Å². The van der Waals surface area contributed by atoms with Crippen LogP contribution in [0, 0.1) is 0 Å². The molecule has 0 aliphatic heterocycles. The highest BCUT2D eigenvalue weighted by atomic mass is 16.6. The second-order valence-electron chi connectivity index (χ2n) is 11.7. The fourth-order valence-corrected chi connectivity index (χ4v) is 2.79. The molecular formula is C26H49NO9. The highest BCUT2D eigenvalue weighted by molar-refractivity contribution is 5.70. The van der Waals surface area contributed by atoms with Crippen LogP contribution in [-0.4, -0.2) is 86.9 Å². The minimum atomic E-state index is -0.768. The highest BCUT2D eigenvalue weighted by Crippen LogP contribution is 2.13. The SMILES string of the molecule is CNC(COCCC(=O)OC(C)(C)C)(COCCC(=O)OC(C)(C)C)COCCC(=O)OC(C)(C)C. The highest BCUT2D eigenvalue weighted by Gasteiger charge is 2.30. The van der Waals surface area contributed by atoms with Crippen molar-refractivity contribution in [2.45, 2.75) is 104 Å². The van der Waals surface area contributed by atoms with Crippen LogP contribution in [0.25, 0.3) is 0 Å². The number of carbonyl (C=O) groups is 3. The van der Waals surface area contributed by atoms with Gasteiger partial charge in [0.25, 0.3) is 0 Å². The van der Waals surface area contributed by atoms with Crippen molar-refractivity contribution in [1.82, 2.24) is 5.32 Å². The van der Waals surface area contributed by atoms with E-state index in [1.165, 1.54) is 0 Å². The Morgan fingerprint density at radius 2 is 0.778 bits per heavy atom. The minimum absolute atomic E-state index is 0.107. The fraction of sp³-hybridized carbons (Fsp3) is 0.885. The Morgan fingerprint density at radius 3 is 0.972 bits per heavy atom. The topological polar surface area (TPSA) is 119 Å². The van der Waals surface area contributed by atoms with Crippen molar-refractivity contribution < 1.29 is 42.8 Å². The molecule has 10 nitrogen and oxygen atoms in total. The van der Waals surface area contributed by atoms with Gasteiger partial charge in [-0.25, -0.2) is 0 Å². The second kappa shape index (κ2) is 15.5. The fourth-order valence-electron chi connectivity index (χ4n) is 2.79. The van der Waals surface area contributed by atoms with Crippen molar-refractivity contribution in [2.75, 3.05) is 46.7 Å². The number of ether oxygens (including phenoxy) is 6. The first-order valence-electron chi connectivity index (χ1n) is 12.4. The molecule has 0 saturated heterocycles. The van der Waals surface area contributed by atoms with Crippen LogP contribution in [0.4, 0.5) is 0 Å². The smallest absolute Gasteiger partial charge is 0.308 e. The van der Waals surface area contributed by atoms with Gasteiger partial charge in [-0.1, -0.05) is 0 Å². The van der Waals surface area contributed by atoms with Crippen LogP contribution in [0.5, 0.6) is 0 Å². The molecule has 0 aliphatic rings. The molecule has 0 aromatic rings. The van der Waals surface area contributed by atoms with Gasteiger partial charge in [-0.2, -0.15) is 0 Å². The molecule has 0 aliphatic carbocycles. The zero-order chi connectivity index (χ0) is 28.0. The lowest BCUT2D eigenvalue weighted by molar-refractivity contribution is -0.157. The average Bonchev–Trinajstić information content (AvgIpc) is 2.67. The third kappa shape index (κ3) is 19.4. The number of esters is 3. The lowest BCUT2D eigenvalue weighted by Gasteiger charge is -2.33. The van der Waals surface area contributed by atoms with Crippen LogP contribution in [0.3, 0.4) is 0 Å². The first-order valence-corrected chi connectivity index (χ1v) is 12.4. The number of rotatable bonds is 16. The molecule has 0 fully saturated rings. The Labute approximate surface area is 217 Å². The Morgan fingerprint density at radius 1 is 0.528 bits per heavy atom. The Hall–Kier alpha value is -1.75. The van der Waals surface area contributed by atoms with Gasteiger partial charge in [0.05, 0.1) is 64.4 Å². The standard InChI is InChI=1S/C26H49NO9/c1-23(2,3)34-20(28)11-14-31-17-26(27-10,18-32-15-12-21(29)35-24(4,5)6)19-33-16-13-22(30)36-25(7,8)9/h27H,11-19H2,1-10H3. The van der Waals surface area contributed by atoms with Gasteiger partial charge < -0.3 is 33.7 Å². The Bertz CT molecular complexity index is 584. The number of carbonyl (C=O) groups excluding carboxylic acids is 3. The van der Waals surface area contributed by atoms with Gasteiger partial charge in [0, 0.05) is 0 Å². The quantitative estimate of drug-likeness (QED) is 0.185. The molecular weight excluding hydrogens is 470 g/mol. The van der Waals surface area contributed by atoms with E-state index in [1.807, 2.05) is 0 Å². The maximum absolute atomic E-state index is 11.9. The van der Waals surface area contributed by atoms with Crippen LogP contribution in [-0.2, 0) is 42.8 Å². The molecule has 0 aromatic carbocycles. The summed E-state index contributed by atoms with van der Waals surface area (Å²) in [5.74, 6) is -1.04. The normalized spacial score (nSPS) is 12.8. The van der Waals surface area contributed by atoms with Gasteiger partial charge in [-0.05, 0) is 69.4 Å². The molecule has 0 spiro atoms. The minimum Gasteiger partial charge on any atom is -0.460 e. The van der Waals surface area contributed by atoms with Gasteiger partial charge in [-0.15, -0.1) is 0 Å². The van der Waals surface area contributed by atoms with Crippen molar-refractivity contribution in [3.63, 3.8) is 0 Å². The first kappa shape index (κ1) is 34.2. The molecule has 0 amide bonds. The van der Waals surface area contributed by atoms with Crippen LogP contribution >= 0.6 is 0 Å². The van der Waals surface area contributed by atoms with Crippen molar-refractivity contribution in [3.8, 4) is 0 Å². The van der Waals surface area contributed by atoms with Gasteiger partial charge >= 0.3 is 17.9 Å².